The van der Waals surface area contributed by atoms with Crippen LogP contribution in [0.15, 0.2) is 77.3 Å². The van der Waals surface area contributed by atoms with Crippen LogP contribution in [-0.2, 0) is 28.7 Å². The number of alkyl carbamates (subject to hydrolysis) is 1. The van der Waals surface area contributed by atoms with Crippen molar-refractivity contribution in [2.75, 3.05) is 19.7 Å². The molecule has 0 aromatic heterocycles. The van der Waals surface area contributed by atoms with Crippen molar-refractivity contribution in [3.63, 3.8) is 0 Å². The number of aliphatic carboxylic acids is 1. The molecule has 15 heteroatoms. The molecule has 5 rings (SSSR count). The Hall–Kier alpha value is -5.99. The van der Waals surface area contributed by atoms with Crippen LogP contribution in [0.5, 0.6) is 0 Å². The first kappa shape index (κ1) is 42.2. The maximum absolute atomic E-state index is 14.2. The molecule has 57 heavy (non-hydrogen) atoms. The van der Waals surface area contributed by atoms with Crippen LogP contribution in [0.25, 0.3) is 11.1 Å². The van der Waals surface area contributed by atoms with Crippen LogP contribution in [0, 0.1) is 5.92 Å². The topological polar surface area (TPSA) is 236 Å². The summed E-state index contributed by atoms with van der Waals surface area (Å²) >= 11 is 0. The number of aliphatic imine (C=N–C) groups is 1. The van der Waals surface area contributed by atoms with E-state index in [-0.39, 0.29) is 63.7 Å². The largest absolute Gasteiger partial charge is 0.480 e. The summed E-state index contributed by atoms with van der Waals surface area (Å²) < 4.78 is 5.75. The van der Waals surface area contributed by atoms with E-state index in [0.29, 0.717) is 19.3 Å². The lowest BCUT2D eigenvalue weighted by atomic mass is 9.91. The minimum atomic E-state index is -1.35. The highest BCUT2D eigenvalue weighted by Gasteiger charge is 2.39. The number of allylic oxidation sites excluding steroid dienone is 1. The van der Waals surface area contributed by atoms with Gasteiger partial charge in [0, 0.05) is 31.3 Å². The van der Waals surface area contributed by atoms with Crippen LogP contribution in [0.4, 0.5) is 4.79 Å². The fraction of sp³-hybridized carbons (Fsp3) is 0.452. The number of hydrogen-bond donors (Lipinski definition) is 6. The lowest BCUT2D eigenvalue weighted by Gasteiger charge is -2.29. The minimum Gasteiger partial charge on any atom is -0.480 e. The molecular weight excluding hydrogens is 731 g/mol. The van der Waals surface area contributed by atoms with Crippen molar-refractivity contribution in [3.8, 4) is 11.1 Å². The molecule has 2 aromatic rings. The Kier molecular flexibility index (Phi) is 14.6. The molecule has 2 aromatic carbocycles. The van der Waals surface area contributed by atoms with Crippen LogP contribution in [0.3, 0.4) is 0 Å². The second-order valence-electron chi connectivity index (χ2n) is 14.9. The van der Waals surface area contributed by atoms with Crippen LogP contribution in [0.2, 0.25) is 0 Å². The molecular formula is C42H53N7O8. The van der Waals surface area contributed by atoms with Crippen LogP contribution >= 0.6 is 0 Å². The second kappa shape index (κ2) is 19.7. The monoisotopic (exact) mass is 783 g/mol. The molecule has 15 nitrogen and oxygen atoms in total. The smallest absolute Gasteiger partial charge is 0.407 e. The highest BCUT2D eigenvalue weighted by molar-refractivity contribution is 5.96. The zero-order chi connectivity index (χ0) is 41.1. The van der Waals surface area contributed by atoms with Crippen molar-refractivity contribution in [1.29, 1.82) is 0 Å². The molecule has 5 atom stereocenters. The van der Waals surface area contributed by atoms with E-state index in [2.05, 4.69) is 20.9 Å². The zero-order valence-electron chi connectivity index (χ0n) is 32.4. The van der Waals surface area contributed by atoms with Crippen molar-refractivity contribution in [2.24, 2.45) is 22.4 Å². The summed E-state index contributed by atoms with van der Waals surface area (Å²) in [7, 11) is 0. The Morgan fingerprint density at radius 1 is 0.965 bits per heavy atom. The molecule has 3 aliphatic rings. The molecule has 2 aliphatic heterocycles. The molecule has 2 heterocycles. The average Bonchev–Trinajstić information content (AvgIpc) is 3.80. The van der Waals surface area contributed by atoms with Crippen molar-refractivity contribution in [2.45, 2.75) is 95.3 Å². The molecule has 304 valence electrons. The Labute approximate surface area is 332 Å². The van der Waals surface area contributed by atoms with Gasteiger partial charge in [0.2, 0.25) is 17.7 Å². The minimum absolute atomic E-state index is 0.0156. The molecule has 1 unspecified atom stereocenters. The number of ether oxygens (including phenoxy) is 1. The third-order valence-electron chi connectivity index (χ3n) is 10.6. The quantitative estimate of drug-likeness (QED) is 0.0891. The summed E-state index contributed by atoms with van der Waals surface area (Å²) in [6, 6.07) is 11.4. The number of carbonyl (C=O) groups is 6. The van der Waals surface area contributed by atoms with Gasteiger partial charge in [-0.05, 0) is 81.0 Å². The summed E-state index contributed by atoms with van der Waals surface area (Å²) in [6.07, 6.45) is 5.08. The third-order valence-corrected chi connectivity index (χ3v) is 10.6. The highest BCUT2D eigenvalue weighted by Crippen LogP contribution is 2.44. The lowest BCUT2D eigenvalue weighted by Crippen LogP contribution is -2.55. The van der Waals surface area contributed by atoms with Crippen molar-refractivity contribution >= 4 is 41.5 Å². The number of nitrogens with two attached hydrogens (primary N) is 2. The van der Waals surface area contributed by atoms with E-state index in [4.69, 9.17) is 16.2 Å². The predicted octanol–water partition coefficient (Wildman–Crippen LogP) is 3.27. The Morgan fingerprint density at radius 2 is 1.63 bits per heavy atom. The number of amides is 4. The number of carboxylic acids is 1. The maximum atomic E-state index is 14.2. The standard InChI is InChI=1S/C42H53N7O8/c1-25(2)19-20-32-36(50)23-26(11-9-21-45-41(43)44)37(51)47-34(40(54)55)17-8-7-16-33(39(53)49-22-10-18-35(49)38(52)46-32)48-42(56)57-24-31-29-14-5-3-12-27(29)28-13-4-6-15-30(28)31/h3-8,12-15,19,26,31-35H,9-11,16-18,20-24H2,1-2H3,(H,46,52)(H,47,51)(H,48,56)(H,54,55)(H4,43,44,45)/b8-7-/t26-,32+,33+,34+,35?/m1/s1. The number of benzene rings is 2. The van der Waals surface area contributed by atoms with Gasteiger partial charge in [0.1, 0.15) is 24.7 Å². The van der Waals surface area contributed by atoms with E-state index in [0.717, 1.165) is 27.8 Å². The van der Waals surface area contributed by atoms with E-state index in [9.17, 15) is 33.9 Å². The fourth-order valence-electron chi connectivity index (χ4n) is 7.63. The number of nitrogens with one attached hydrogen (secondary N) is 3. The maximum Gasteiger partial charge on any atom is 0.407 e. The molecule has 4 amide bonds. The fourth-order valence-corrected chi connectivity index (χ4v) is 7.63. The van der Waals surface area contributed by atoms with E-state index in [1.165, 1.54) is 11.0 Å². The summed E-state index contributed by atoms with van der Waals surface area (Å²) in [5.41, 5.74) is 16.0. The predicted molar refractivity (Wildman–Crippen MR) is 214 cm³/mol. The van der Waals surface area contributed by atoms with E-state index < -0.39 is 65.7 Å². The molecule has 0 bridgehead atoms. The molecule has 0 radical (unpaired) electrons. The van der Waals surface area contributed by atoms with Gasteiger partial charge in [0.25, 0.3) is 0 Å². The zero-order valence-corrected chi connectivity index (χ0v) is 32.4. The summed E-state index contributed by atoms with van der Waals surface area (Å²) in [5.74, 6) is -4.69. The van der Waals surface area contributed by atoms with Gasteiger partial charge in [-0.1, -0.05) is 72.3 Å². The van der Waals surface area contributed by atoms with Gasteiger partial charge in [-0.15, -0.1) is 0 Å². The number of ketones is 1. The number of hydrogen-bond acceptors (Lipinski definition) is 8. The number of guanidine groups is 1. The number of rotatable bonds is 10. The number of nitrogens with zero attached hydrogens (tertiary/aromatic N) is 2. The lowest BCUT2D eigenvalue weighted by molar-refractivity contribution is -0.142. The summed E-state index contributed by atoms with van der Waals surface area (Å²) in [5, 5.41) is 18.1. The van der Waals surface area contributed by atoms with Crippen molar-refractivity contribution in [1.82, 2.24) is 20.9 Å². The SMILES string of the molecule is CC(C)=CC[C@@H]1NC(=O)C2CCCN2C(=O)[C@@H](NC(=O)OCC2c3ccccc3-c3ccccc32)C/C=C\C[C@@H](C(=O)O)NC(=O)[C@H](CCCN=C(N)N)CC1=O. The molecule has 0 spiro atoms. The van der Waals surface area contributed by atoms with Crippen LogP contribution in [0.1, 0.15) is 82.3 Å². The van der Waals surface area contributed by atoms with Gasteiger partial charge in [-0.3, -0.25) is 24.2 Å². The van der Waals surface area contributed by atoms with Gasteiger partial charge in [0.15, 0.2) is 11.7 Å². The molecule has 8 N–H and O–H groups in total. The van der Waals surface area contributed by atoms with Gasteiger partial charge >= 0.3 is 12.1 Å². The normalized spacial score (nSPS) is 23.5. The molecule has 1 fully saturated rings. The second-order valence-corrected chi connectivity index (χ2v) is 14.9. The highest BCUT2D eigenvalue weighted by atomic mass is 16.5. The van der Waals surface area contributed by atoms with E-state index in [1.54, 1.807) is 12.2 Å². The van der Waals surface area contributed by atoms with Gasteiger partial charge in [-0.25, -0.2) is 9.59 Å². The van der Waals surface area contributed by atoms with Crippen molar-refractivity contribution < 1.29 is 38.6 Å². The molecule has 0 saturated carbocycles. The first-order valence-corrected chi connectivity index (χ1v) is 19.5. The van der Waals surface area contributed by atoms with Gasteiger partial charge < -0.3 is 42.2 Å². The van der Waals surface area contributed by atoms with E-state index in [1.807, 2.05) is 62.4 Å². The number of carbonyl (C=O) groups excluding carboxylic acids is 5. The van der Waals surface area contributed by atoms with Gasteiger partial charge in [0.05, 0.1) is 6.04 Å². The van der Waals surface area contributed by atoms with Gasteiger partial charge in [-0.2, -0.15) is 0 Å². The first-order chi connectivity index (χ1) is 27.3. The number of carboxylic acid groups (broad SMARTS) is 1. The number of Topliss-reactive ketones (excluding diaryl/α,β-unsaturated/α-hetero) is 1. The Balaban J connectivity index is 1.39. The molecule has 1 saturated heterocycles. The van der Waals surface area contributed by atoms with Crippen LogP contribution in [-0.4, -0.2) is 95.4 Å². The Morgan fingerprint density at radius 3 is 2.28 bits per heavy atom. The summed E-state index contributed by atoms with van der Waals surface area (Å²) in [4.78, 5) is 86.7. The molecule has 1 aliphatic carbocycles. The summed E-state index contributed by atoms with van der Waals surface area (Å²) in [6.45, 7) is 4.16. The third kappa shape index (κ3) is 11.1. The first-order valence-electron chi connectivity index (χ1n) is 19.5. The average molecular weight is 784 g/mol. The van der Waals surface area contributed by atoms with E-state index >= 15 is 0 Å². The van der Waals surface area contributed by atoms with Crippen LogP contribution < -0.4 is 27.4 Å². The number of fused-ring (bicyclic) bond motifs is 4. The Bertz CT molecular complexity index is 1870. The van der Waals surface area contributed by atoms with Crippen molar-refractivity contribution in [3.05, 3.63) is 83.5 Å².